The van der Waals surface area contributed by atoms with Gasteiger partial charge in [-0.2, -0.15) is 0 Å². The average molecular weight is 362 g/mol. The van der Waals surface area contributed by atoms with Crippen molar-refractivity contribution in [3.63, 3.8) is 0 Å². The quantitative estimate of drug-likeness (QED) is 0.662. The van der Waals surface area contributed by atoms with Crippen LogP contribution in [-0.2, 0) is 14.4 Å². The van der Waals surface area contributed by atoms with Crippen molar-refractivity contribution < 1.29 is 23.2 Å². The topological polar surface area (TPSA) is 66.5 Å². The molecule has 1 aromatic rings. The lowest BCUT2D eigenvalue weighted by Gasteiger charge is -2.31. The van der Waals surface area contributed by atoms with Gasteiger partial charge >= 0.3 is 0 Å². The molecular formula is C19H20F2N2O3. The number of rotatable bonds is 3. The Balaban J connectivity index is 1.82. The van der Waals surface area contributed by atoms with Gasteiger partial charge in [-0.05, 0) is 30.5 Å². The fourth-order valence-corrected chi connectivity index (χ4v) is 3.76. The number of allylic oxidation sites excluding steroid dienone is 1. The zero-order chi connectivity index (χ0) is 19.2. The molecule has 3 amide bonds. The molecule has 138 valence electrons. The van der Waals surface area contributed by atoms with Crippen molar-refractivity contribution in [2.45, 2.75) is 19.9 Å². The van der Waals surface area contributed by atoms with E-state index in [1.807, 2.05) is 6.92 Å². The maximum Gasteiger partial charge on any atom is 0.236 e. The van der Waals surface area contributed by atoms with Crippen LogP contribution in [0.1, 0.15) is 25.5 Å². The van der Waals surface area contributed by atoms with Crippen LogP contribution in [0.25, 0.3) is 0 Å². The lowest BCUT2D eigenvalue weighted by molar-refractivity contribution is -0.141. The Morgan fingerprint density at radius 1 is 1.15 bits per heavy atom. The summed E-state index contributed by atoms with van der Waals surface area (Å²) in [4.78, 5) is 38.5. The standard InChI is InChI=1S/C19H20F2N2O3/c1-9-4-6-12-16(19(26)23(3)18(12)25)15(9)17(24)22-10(2)11-5-7-13(20)14(21)8-11/h4-10,12,15-16H,1-3H3,(H,22,24). The number of nitrogens with zero attached hydrogens (tertiary/aromatic N) is 1. The summed E-state index contributed by atoms with van der Waals surface area (Å²) in [6.07, 6.45) is 3.47. The Labute approximate surface area is 150 Å². The maximum absolute atomic E-state index is 13.4. The second-order valence-corrected chi connectivity index (χ2v) is 6.96. The number of hydrogen-bond acceptors (Lipinski definition) is 3. The van der Waals surface area contributed by atoms with Crippen molar-refractivity contribution in [2.24, 2.45) is 23.7 Å². The summed E-state index contributed by atoms with van der Waals surface area (Å²) in [5.41, 5.74) is 0.416. The Morgan fingerprint density at radius 2 is 1.85 bits per heavy atom. The van der Waals surface area contributed by atoms with E-state index in [0.29, 0.717) is 5.56 Å². The molecule has 1 aliphatic heterocycles. The predicted molar refractivity (Wildman–Crippen MR) is 89.5 cm³/mol. The Bertz CT molecular complexity index is 808. The van der Waals surface area contributed by atoms with E-state index in [-0.39, 0.29) is 23.6 Å². The van der Waals surface area contributed by atoms with Gasteiger partial charge in [-0.3, -0.25) is 19.3 Å². The Kier molecular flexibility index (Phi) is 4.64. The summed E-state index contributed by atoms with van der Waals surface area (Å²) in [5.74, 6) is -5.29. The van der Waals surface area contributed by atoms with Gasteiger partial charge in [-0.1, -0.05) is 25.1 Å². The highest BCUT2D eigenvalue weighted by Crippen LogP contribution is 2.40. The second kappa shape index (κ2) is 6.63. The minimum absolute atomic E-state index is 0.225. The third-order valence-corrected chi connectivity index (χ3v) is 5.30. The van der Waals surface area contributed by atoms with Crippen molar-refractivity contribution in [1.82, 2.24) is 10.2 Å². The Hall–Kier alpha value is -2.57. The molecule has 26 heavy (non-hydrogen) atoms. The zero-order valence-corrected chi connectivity index (χ0v) is 14.7. The lowest BCUT2D eigenvalue weighted by atomic mass is 9.71. The molecule has 1 N–H and O–H groups in total. The van der Waals surface area contributed by atoms with E-state index in [1.54, 1.807) is 19.1 Å². The first-order valence-corrected chi connectivity index (χ1v) is 8.47. The van der Waals surface area contributed by atoms with E-state index in [4.69, 9.17) is 0 Å². The molecule has 3 rings (SSSR count). The number of amides is 3. The van der Waals surface area contributed by atoms with E-state index in [2.05, 4.69) is 5.32 Å². The van der Waals surface area contributed by atoms with Gasteiger partial charge in [-0.25, -0.2) is 8.78 Å². The minimum Gasteiger partial charge on any atom is -0.349 e. The third kappa shape index (κ3) is 2.91. The Morgan fingerprint density at radius 3 is 2.50 bits per heavy atom. The number of fused-ring (bicyclic) bond motifs is 1. The van der Waals surface area contributed by atoms with Crippen LogP contribution < -0.4 is 5.32 Å². The van der Waals surface area contributed by atoms with Crippen LogP contribution in [0.4, 0.5) is 8.78 Å². The van der Waals surface area contributed by atoms with Crippen molar-refractivity contribution in [3.8, 4) is 0 Å². The highest BCUT2D eigenvalue weighted by Gasteiger charge is 2.53. The third-order valence-electron chi connectivity index (χ3n) is 5.30. The largest absolute Gasteiger partial charge is 0.349 e. The summed E-state index contributed by atoms with van der Waals surface area (Å²) < 4.78 is 26.5. The molecule has 0 spiro atoms. The molecule has 1 heterocycles. The van der Waals surface area contributed by atoms with Gasteiger partial charge in [0.05, 0.1) is 23.8 Å². The maximum atomic E-state index is 13.4. The number of benzene rings is 1. The second-order valence-electron chi connectivity index (χ2n) is 6.96. The van der Waals surface area contributed by atoms with Gasteiger partial charge in [0.25, 0.3) is 0 Å². The van der Waals surface area contributed by atoms with Crippen LogP contribution in [0, 0.1) is 35.3 Å². The minimum atomic E-state index is -0.990. The monoisotopic (exact) mass is 362 g/mol. The fourth-order valence-electron chi connectivity index (χ4n) is 3.76. The average Bonchev–Trinajstić information content (AvgIpc) is 2.81. The molecular weight excluding hydrogens is 342 g/mol. The van der Waals surface area contributed by atoms with Crippen LogP contribution >= 0.6 is 0 Å². The molecule has 0 radical (unpaired) electrons. The number of halogens is 2. The highest BCUT2D eigenvalue weighted by atomic mass is 19.2. The van der Waals surface area contributed by atoms with Crippen molar-refractivity contribution in [3.05, 3.63) is 47.5 Å². The number of carbonyl (C=O) groups excluding carboxylic acids is 3. The van der Waals surface area contributed by atoms with E-state index in [1.165, 1.54) is 13.1 Å². The first-order valence-electron chi connectivity index (χ1n) is 8.47. The summed E-state index contributed by atoms with van der Waals surface area (Å²) in [6, 6.07) is 2.86. The van der Waals surface area contributed by atoms with E-state index < -0.39 is 35.4 Å². The first-order chi connectivity index (χ1) is 12.2. The van der Waals surface area contributed by atoms with Gasteiger partial charge in [0, 0.05) is 7.05 Å². The molecule has 0 aromatic heterocycles. The number of likely N-dealkylation sites (tertiary alicyclic amines) is 1. The smallest absolute Gasteiger partial charge is 0.236 e. The van der Waals surface area contributed by atoms with Crippen molar-refractivity contribution >= 4 is 17.7 Å². The molecule has 1 saturated heterocycles. The van der Waals surface area contributed by atoms with Crippen LogP contribution in [0.2, 0.25) is 0 Å². The van der Waals surface area contributed by atoms with Gasteiger partial charge < -0.3 is 5.32 Å². The summed E-state index contributed by atoms with van der Waals surface area (Å²) in [5, 5.41) is 2.76. The molecule has 5 nitrogen and oxygen atoms in total. The number of carbonyl (C=O) groups is 3. The first kappa shape index (κ1) is 18.2. The number of nitrogens with one attached hydrogen (secondary N) is 1. The van der Waals surface area contributed by atoms with Gasteiger partial charge in [0.2, 0.25) is 17.7 Å². The molecule has 0 bridgehead atoms. The normalized spacial score (nSPS) is 28.9. The van der Waals surface area contributed by atoms with E-state index in [0.717, 1.165) is 17.0 Å². The molecule has 1 aliphatic carbocycles. The van der Waals surface area contributed by atoms with Crippen LogP contribution in [0.5, 0.6) is 0 Å². The summed E-state index contributed by atoms with van der Waals surface area (Å²) in [7, 11) is 1.42. The predicted octanol–water partition coefficient (Wildman–Crippen LogP) is 2.20. The lowest BCUT2D eigenvalue weighted by Crippen LogP contribution is -2.44. The number of imide groups is 1. The fraction of sp³-hybridized carbons (Fsp3) is 0.421. The molecule has 5 unspecified atom stereocenters. The molecule has 1 aromatic carbocycles. The SMILES string of the molecule is CC(NC(=O)C1C(C)C=CC2C(=O)N(C)C(=O)C21)c1ccc(F)c(F)c1. The zero-order valence-electron chi connectivity index (χ0n) is 14.7. The van der Waals surface area contributed by atoms with Crippen LogP contribution in [0.3, 0.4) is 0 Å². The molecule has 2 aliphatic rings. The number of hydrogen-bond donors (Lipinski definition) is 1. The van der Waals surface area contributed by atoms with Gasteiger partial charge in [0.1, 0.15) is 0 Å². The summed E-state index contributed by atoms with van der Waals surface area (Å²) in [6.45, 7) is 3.47. The van der Waals surface area contributed by atoms with E-state index >= 15 is 0 Å². The van der Waals surface area contributed by atoms with E-state index in [9.17, 15) is 23.2 Å². The molecule has 0 saturated carbocycles. The molecule has 7 heteroatoms. The van der Waals surface area contributed by atoms with Gasteiger partial charge in [0.15, 0.2) is 11.6 Å². The molecule has 1 fully saturated rings. The van der Waals surface area contributed by atoms with Gasteiger partial charge in [-0.15, -0.1) is 0 Å². The van der Waals surface area contributed by atoms with Crippen LogP contribution in [0.15, 0.2) is 30.4 Å². The van der Waals surface area contributed by atoms with Crippen molar-refractivity contribution in [1.29, 1.82) is 0 Å². The molecule has 5 atom stereocenters. The highest BCUT2D eigenvalue weighted by molar-refractivity contribution is 6.07. The van der Waals surface area contributed by atoms with Crippen molar-refractivity contribution in [2.75, 3.05) is 7.05 Å². The summed E-state index contributed by atoms with van der Waals surface area (Å²) >= 11 is 0. The van der Waals surface area contributed by atoms with Crippen LogP contribution in [-0.4, -0.2) is 29.7 Å².